The highest BCUT2D eigenvalue weighted by atomic mass is 16.6. The molecular weight excluding hydrogens is 907 g/mol. The molecular formula is C56H60B3N3O10. The van der Waals surface area contributed by atoms with Gasteiger partial charge in [-0.3, -0.25) is 0 Å². The second kappa shape index (κ2) is 26.0. The number of nitrogens with zero attached hydrogens (tertiary/aromatic N) is 3. The Labute approximate surface area is 423 Å². The van der Waals surface area contributed by atoms with Crippen molar-refractivity contribution in [2.75, 3.05) is 0 Å². The van der Waals surface area contributed by atoms with Gasteiger partial charge in [0.05, 0.1) is 65.7 Å². The van der Waals surface area contributed by atoms with Crippen LogP contribution in [0.3, 0.4) is 0 Å². The van der Waals surface area contributed by atoms with Gasteiger partial charge in [0.25, 0.3) is 0 Å². The second-order valence-electron chi connectivity index (χ2n) is 18.2. The molecule has 6 aromatic carbocycles. The Kier molecular flexibility index (Phi) is 19.7. The van der Waals surface area contributed by atoms with E-state index >= 15 is 0 Å². The molecule has 72 heavy (non-hydrogen) atoms. The third-order valence-corrected chi connectivity index (χ3v) is 12.8. The Balaban J connectivity index is 1.44. The summed E-state index contributed by atoms with van der Waals surface area (Å²) in [7, 11) is -1.62. The summed E-state index contributed by atoms with van der Waals surface area (Å²) in [6.07, 6.45) is 5.47. The zero-order chi connectivity index (χ0) is 51.7. The van der Waals surface area contributed by atoms with Gasteiger partial charge in [-0.1, -0.05) is 70.6 Å². The van der Waals surface area contributed by atoms with Crippen molar-refractivity contribution < 1.29 is 48.9 Å². The lowest BCUT2D eigenvalue weighted by atomic mass is 9.41. The molecule has 6 rings (SSSR count). The molecule has 0 aliphatic rings. The number of benzene rings is 6. The Hall–Kier alpha value is -6.90. The monoisotopic (exact) mass is 967 g/mol. The molecule has 0 spiro atoms. The molecule has 0 amide bonds. The molecule has 368 valence electrons. The number of unbranched alkanes of at least 4 members (excludes halogenated alkanes) is 4. The number of ether oxygens (including phenoxy) is 3. The number of hydrogen-bond acceptors (Lipinski definition) is 13. The van der Waals surface area contributed by atoms with Crippen LogP contribution in [0.2, 0.25) is 0 Å². The van der Waals surface area contributed by atoms with Crippen molar-refractivity contribution in [3.63, 3.8) is 0 Å². The number of nitriles is 3. The molecule has 0 bridgehead atoms. The van der Waals surface area contributed by atoms with E-state index in [9.17, 15) is 41.2 Å². The Morgan fingerprint density at radius 1 is 0.444 bits per heavy atom. The fourth-order valence-corrected chi connectivity index (χ4v) is 8.69. The van der Waals surface area contributed by atoms with Gasteiger partial charge < -0.3 is 48.9 Å². The first-order valence-electron chi connectivity index (χ1n) is 24.3. The fourth-order valence-electron chi connectivity index (χ4n) is 8.69. The quantitative estimate of drug-likeness (QED) is 0.0255. The lowest BCUT2D eigenvalue weighted by Crippen LogP contribution is -2.66. The molecule has 0 aliphatic heterocycles. The Morgan fingerprint density at radius 3 is 1.24 bits per heavy atom. The number of rotatable bonds is 26. The van der Waals surface area contributed by atoms with E-state index < -0.39 is 51.8 Å². The SMILES string of the molecule is CCCCCCC(C)(OB(c1ccc(Oc2ccc(C#N)cc2)cc1CO)C(C)(CCCC)OB(O)c1ccc(Oc2ccc(C#N)cc2)cc1CO)B(O)c1ccc(Oc2ccc(C#N)cc2)cc1CO. The topological polar surface area (TPSA) is 219 Å². The van der Waals surface area contributed by atoms with Crippen molar-refractivity contribution in [1.29, 1.82) is 15.8 Å². The van der Waals surface area contributed by atoms with Crippen molar-refractivity contribution in [3.8, 4) is 52.7 Å². The smallest absolute Gasteiger partial charge is 0.457 e. The molecule has 13 nitrogen and oxygen atoms in total. The van der Waals surface area contributed by atoms with Crippen LogP contribution in [0.4, 0.5) is 0 Å². The number of hydrogen-bond donors (Lipinski definition) is 5. The average Bonchev–Trinajstić information content (AvgIpc) is 3.41. The minimum atomic E-state index is -1.62. The van der Waals surface area contributed by atoms with Gasteiger partial charge in [-0.25, -0.2) is 0 Å². The van der Waals surface area contributed by atoms with Crippen LogP contribution < -0.4 is 30.6 Å². The van der Waals surface area contributed by atoms with E-state index in [4.69, 9.17) is 23.5 Å². The van der Waals surface area contributed by atoms with Crippen LogP contribution >= 0.6 is 0 Å². The summed E-state index contributed by atoms with van der Waals surface area (Å²) >= 11 is 0. The number of aliphatic hydroxyl groups excluding tert-OH is 3. The normalized spacial score (nSPS) is 12.6. The third-order valence-electron chi connectivity index (χ3n) is 12.8. The van der Waals surface area contributed by atoms with Gasteiger partial charge in [0.15, 0.2) is 0 Å². The fraction of sp³-hybridized carbons (Fsp3) is 0.304. The predicted molar refractivity (Wildman–Crippen MR) is 279 cm³/mol. The predicted octanol–water partition coefficient (Wildman–Crippen LogP) is 8.42. The maximum Gasteiger partial charge on any atom is 0.491 e. The summed E-state index contributed by atoms with van der Waals surface area (Å²) in [4.78, 5) is 0. The maximum absolute atomic E-state index is 12.8. The standard InChI is InChI=1S/C56H60B3N3O10/c1-5-7-9-10-30-55(3,57(66)52-26-23-49(31-43(52)37-63)68-46-17-11-40(34-60)12-18-46)71-58(53-27-24-50(32-44(53)38-64)69-47-19-13-41(35-61)14-20-47)56(4,29-8-6-2)72-59(67)54-28-25-51(33-45(54)39-65)70-48-21-15-42(36-62)16-22-48/h11-28,31-33,63-67H,5-10,29-30,37-39H2,1-4H3. The van der Waals surface area contributed by atoms with E-state index in [1.165, 1.54) is 0 Å². The first kappa shape index (κ1) is 54.4. The van der Waals surface area contributed by atoms with Gasteiger partial charge in [0, 0.05) is 0 Å². The second-order valence-corrected chi connectivity index (χ2v) is 18.2. The van der Waals surface area contributed by atoms with E-state index in [0.717, 1.165) is 25.7 Å². The van der Waals surface area contributed by atoms with Crippen molar-refractivity contribution >= 4 is 37.3 Å². The van der Waals surface area contributed by atoms with Crippen LogP contribution in [0.15, 0.2) is 127 Å². The van der Waals surface area contributed by atoms with Crippen LogP contribution in [0, 0.1) is 34.0 Å². The number of aliphatic hydroxyl groups is 3. The van der Waals surface area contributed by atoms with Gasteiger partial charge in [0.1, 0.15) is 34.5 Å². The lowest BCUT2D eigenvalue weighted by molar-refractivity contribution is 0.0741. The van der Waals surface area contributed by atoms with Gasteiger partial charge >= 0.3 is 20.9 Å². The van der Waals surface area contributed by atoms with Gasteiger partial charge in [-0.15, -0.1) is 0 Å². The van der Waals surface area contributed by atoms with E-state index in [-0.39, 0.29) is 5.46 Å². The molecule has 2 atom stereocenters. The molecule has 0 saturated carbocycles. The molecule has 0 aliphatic carbocycles. The van der Waals surface area contributed by atoms with Gasteiger partial charge in [0.2, 0.25) is 0 Å². The van der Waals surface area contributed by atoms with Crippen molar-refractivity contribution in [3.05, 3.63) is 161 Å². The molecule has 0 aromatic heterocycles. The summed E-state index contributed by atoms with van der Waals surface area (Å²) in [5.74, 6) is 2.62. The van der Waals surface area contributed by atoms with E-state index in [1.54, 1.807) is 127 Å². The molecule has 6 aromatic rings. The summed E-state index contributed by atoms with van der Waals surface area (Å²) < 4.78 is 32.7. The van der Waals surface area contributed by atoms with Gasteiger partial charge in [-0.05, 0) is 169 Å². The molecule has 16 heteroatoms. The zero-order valence-electron chi connectivity index (χ0n) is 41.3. The van der Waals surface area contributed by atoms with Crippen molar-refractivity contribution in [1.82, 2.24) is 0 Å². The summed E-state index contributed by atoms with van der Waals surface area (Å²) in [5, 5.41) is 85.6. The Morgan fingerprint density at radius 2 is 0.819 bits per heavy atom. The van der Waals surface area contributed by atoms with Crippen molar-refractivity contribution in [2.24, 2.45) is 0 Å². The minimum absolute atomic E-state index is 0.276. The van der Waals surface area contributed by atoms with Crippen LogP contribution in [0.1, 0.15) is 112 Å². The van der Waals surface area contributed by atoms with Gasteiger partial charge in [-0.2, -0.15) is 15.8 Å². The molecule has 0 saturated heterocycles. The van der Waals surface area contributed by atoms with Crippen LogP contribution in [0.25, 0.3) is 0 Å². The Bertz CT molecular complexity index is 2850. The van der Waals surface area contributed by atoms with Crippen LogP contribution in [-0.2, 0) is 29.1 Å². The highest BCUT2D eigenvalue weighted by Gasteiger charge is 2.51. The highest BCUT2D eigenvalue weighted by molar-refractivity contribution is 6.75. The summed E-state index contributed by atoms with van der Waals surface area (Å²) in [5.41, 5.74) is 0.977. The zero-order valence-corrected chi connectivity index (χ0v) is 41.3. The molecule has 0 heterocycles. The maximum atomic E-state index is 12.8. The largest absolute Gasteiger partial charge is 0.491 e. The van der Waals surface area contributed by atoms with E-state index in [0.29, 0.717) is 104 Å². The first-order valence-corrected chi connectivity index (χ1v) is 24.3. The summed E-state index contributed by atoms with van der Waals surface area (Å²) in [6.45, 7) is 4.02. The van der Waals surface area contributed by atoms with Crippen LogP contribution in [0.5, 0.6) is 34.5 Å². The van der Waals surface area contributed by atoms with Crippen LogP contribution in [-0.4, -0.2) is 57.3 Å². The van der Waals surface area contributed by atoms with Crippen molar-refractivity contribution in [2.45, 2.75) is 110 Å². The minimum Gasteiger partial charge on any atom is -0.457 e. The molecule has 0 radical (unpaired) electrons. The molecule has 0 fully saturated rings. The lowest BCUT2D eigenvalue weighted by Gasteiger charge is -2.44. The third kappa shape index (κ3) is 13.9. The molecule has 5 N–H and O–H groups in total. The summed E-state index contributed by atoms with van der Waals surface area (Å²) in [6, 6.07) is 41.3. The first-order chi connectivity index (χ1) is 34.8. The molecule has 2 unspecified atom stereocenters. The van der Waals surface area contributed by atoms with E-state index in [2.05, 4.69) is 25.1 Å². The average molecular weight is 968 g/mol. The van der Waals surface area contributed by atoms with E-state index in [1.807, 2.05) is 20.8 Å². The highest BCUT2D eigenvalue weighted by Crippen LogP contribution is 2.34.